The predicted molar refractivity (Wildman–Crippen MR) is 133 cm³/mol. The van der Waals surface area contributed by atoms with Crippen molar-refractivity contribution in [1.82, 2.24) is 10.2 Å². The molecule has 1 N–H and O–H groups in total. The molecule has 1 spiro atoms. The van der Waals surface area contributed by atoms with Crippen LogP contribution < -0.4 is 10.2 Å². The van der Waals surface area contributed by atoms with E-state index in [0.717, 1.165) is 39.3 Å². The molecular formula is C27H27N3O2S. The van der Waals surface area contributed by atoms with Crippen LogP contribution in [0, 0.1) is 13.8 Å². The molecule has 5 rings (SSSR count). The van der Waals surface area contributed by atoms with Gasteiger partial charge in [-0.3, -0.25) is 9.69 Å². The van der Waals surface area contributed by atoms with E-state index in [4.69, 9.17) is 0 Å². The maximum atomic E-state index is 14.1. The zero-order valence-corrected chi connectivity index (χ0v) is 19.7. The molecule has 2 aliphatic rings. The summed E-state index contributed by atoms with van der Waals surface area (Å²) in [6.45, 7) is 5.53. The van der Waals surface area contributed by atoms with E-state index in [1.54, 1.807) is 16.7 Å². The molecule has 1 atom stereocenters. The third-order valence-corrected chi connectivity index (χ3v) is 7.72. The van der Waals surface area contributed by atoms with Gasteiger partial charge in [0.2, 0.25) is 0 Å². The normalized spacial score (nSPS) is 19.3. The molecule has 2 aliphatic heterocycles. The summed E-state index contributed by atoms with van der Waals surface area (Å²) in [7, 11) is 0. The summed E-state index contributed by atoms with van der Waals surface area (Å²) in [6.07, 6.45) is 0. The fourth-order valence-electron chi connectivity index (χ4n) is 4.75. The number of rotatable bonds is 4. The number of carbonyl (C=O) groups excluding carboxylic acids is 2. The molecule has 6 heteroatoms. The summed E-state index contributed by atoms with van der Waals surface area (Å²) in [4.78, 5) is 30.0. The summed E-state index contributed by atoms with van der Waals surface area (Å²) in [6, 6.07) is 24.0. The maximum absolute atomic E-state index is 14.1. The second-order valence-electron chi connectivity index (χ2n) is 8.69. The number of fused-ring (bicyclic) bond motifs is 2. The van der Waals surface area contributed by atoms with Crippen LogP contribution in [-0.4, -0.2) is 29.1 Å². The lowest BCUT2D eigenvalue weighted by Gasteiger charge is -2.33. The van der Waals surface area contributed by atoms with Gasteiger partial charge in [-0.1, -0.05) is 77.9 Å². The van der Waals surface area contributed by atoms with Crippen LogP contribution in [0.5, 0.6) is 0 Å². The van der Waals surface area contributed by atoms with Crippen molar-refractivity contribution in [1.29, 1.82) is 0 Å². The molecule has 3 aromatic carbocycles. The van der Waals surface area contributed by atoms with Gasteiger partial charge < -0.3 is 10.2 Å². The standard InChI is InChI=1S/C27H27N3O2S/c1-19-7-6-10-22(15-19)18-29-24-12-11-20(2)16-23(24)27(25(29)31)30(13-14-33-27)26(32)28-17-21-8-4-3-5-9-21/h3-12,15-16H,13-14,17-18H2,1-2H3,(H,28,32). The highest BCUT2D eigenvalue weighted by atomic mass is 32.2. The molecule has 3 amide bonds. The van der Waals surface area contributed by atoms with E-state index < -0.39 is 4.87 Å². The predicted octanol–water partition coefficient (Wildman–Crippen LogP) is 4.96. The first-order chi connectivity index (χ1) is 16.0. The Hall–Kier alpha value is -3.25. The van der Waals surface area contributed by atoms with E-state index in [1.165, 1.54) is 0 Å². The number of amides is 3. The molecule has 1 unspecified atom stereocenters. The number of hydrogen-bond acceptors (Lipinski definition) is 3. The number of anilines is 1. The van der Waals surface area contributed by atoms with E-state index >= 15 is 0 Å². The summed E-state index contributed by atoms with van der Waals surface area (Å²) < 4.78 is 0. The Labute approximate surface area is 198 Å². The average molecular weight is 458 g/mol. The zero-order valence-electron chi connectivity index (χ0n) is 18.9. The van der Waals surface area contributed by atoms with Crippen molar-refractivity contribution in [3.63, 3.8) is 0 Å². The van der Waals surface area contributed by atoms with E-state index in [1.807, 2.05) is 66.4 Å². The molecule has 0 aromatic heterocycles. The number of benzene rings is 3. The van der Waals surface area contributed by atoms with Crippen molar-refractivity contribution in [2.24, 2.45) is 0 Å². The molecule has 2 heterocycles. The molecule has 5 nitrogen and oxygen atoms in total. The van der Waals surface area contributed by atoms with Gasteiger partial charge in [0, 0.05) is 24.4 Å². The van der Waals surface area contributed by atoms with Gasteiger partial charge >= 0.3 is 6.03 Å². The third-order valence-electron chi connectivity index (χ3n) is 6.30. The molecule has 0 saturated carbocycles. The topological polar surface area (TPSA) is 52.7 Å². The van der Waals surface area contributed by atoms with Crippen LogP contribution in [0.3, 0.4) is 0 Å². The molecule has 0 radical (unpaired) electrons. The van der Waals surface area contributed by atoms with Crippen molar-refractivity contribution < 1.29 is 9.59 Å². The molecular weight excluding hydrogens is 430 g/mol. The first-order valence-electron chi connectivity index (χ1n) is 11.2. The highest BCUT2D eigenvalue weighted by Gasteiger charge is 2.59. The van der Waals surface area contributed by atoms with E-state index in [0.29, 0.717) is 19.6 Å². The number of aryl methyl sites for hydroxylation is 2. The van der Waals surface area contributed by atoms with Crippen LogP contribution in [0.25, 0.3) is 0 Å². The Morgan fingerprint density at radius 1 is 0.970 bits per heavy atom. The molecule has 1 fully saturated rings. The largest absolute Gasteiger partial charge is 0.334 e. The van der Waals surface area contributed by atoms with Crippen LogP contribution in [-0.2, 0) is 22.8 Å². The number of urea groups is 1. The molecule has 1 saturated heterocycles. The number of thioether (sulfide) groups is 1. The maximum Gasteiger partial charge on any atom is 0.319 e. The second-order valence-corrected chi connectivity index (χ2v) is 9.98. The molecule has 0 bridgehead atoms. The first-order valence-corrected chi connectivity index (χ1v) is 12.2. The highest BCUT2D eigenvalue weighted by Crippen LogP contribution is 2.54. The van der Waals surface area contributed by atoms with Crippen LogP contribution in [0.4, 0.5) is 10.5 Å². The Bertz CT molecular complexity index is 1210. The van der Waals surface area contributed by atoms with Crippen molar-refractivity contribution in [3.8, 4) is 0 Å². The fraction of sp³-hybridized carbons (Fsp3) is 0.259. The van der Waals surface area contributed by atoms with Gasteiger partial charge in [0.1, 0.15) is 0 Å². The van der Waals surface area contributed by atoms with Gasteiger partial charge in [-0.25, -0.2) is 4.79 Å². The van der Waals surface area contributed by atoms with Crippen LogP contribution in [0.1, 0.15) is 27.8 Å². The number of hydrogen-bond donors (Lipinski definition) is 1. The monoisotopic (exact) mass is 457 g/mol. The molecule has 3 aromatic rings. The van der Waals surface area contributed by atoms with Crippen LogP contribution >= 0.6 is 11.8 Å². The Kier molecular flexibility index (Phi) is 5.62. The lowest BCUT2D eigenvalue weighted by Crippen LogP contribution is -2.53. The van der Waals surface area contributed by atoms with Crippen molar-refractivity contribution in [3.05, 3.63) is 101 Å². The van der Waals surface area contributed by atoms with Crippen molar-refractivity contribution in [2.75, 3.05) is 17.2 Å². The van der Waals surface area contributed by atoms with Gasteiger partial charge in [0.05, 0.1) is 12.2 Å². The molecule has 0 aliphatic carbocycles. The summed E-state index contributed by atoms with van der Waals surface area (Å²) in [5, 5.41) is 3.03. The number of nitrogens with zero attached hydrogens (tertiary/aromatic N) is 2. The lowest BCUT2D eigenvalue weighted by molar-refractivity contribution is -0.123. The second kappa shape index (κ2) is 8.60. The highest BCUT2D eigenvalue weighted by molar-refractivity contribution is 8.01. The van der Waals surface area contributed by atoms with Gasteiger partial charge in [-0.2, -0.15) is 0 Å². The van der Waals surface area contributed by atoms with Crippen LogP contribution in [0.15, 0.2) is 72.8 Å². The number of nitrogens with one attached hydrogen (secondary N) is 1. The molecule has 33 heavy (non-hydrogen) atoms. The Morgan fingerprint density at radius 2 is 1.73 bits per heavy atom. The Balaban J connectivity index is 1.48. The summed E-state index contributed by atoms with van der Waals surface area (Å²) >= 11 is 1.56. The minimum absolute atomic E-state index is 0.0398. The first kappa shape index (κ1) is 21.6. The minimum Gasteiger partial charge on any atom is -0.334 e. The average Bonchev–Trinajstić information content (AvgIpc) is 3.35. The Morgan fingerprint density at radius 3 is 2.52 bits per heavy atom. The summed E-state index contributed by atoms with van der Waals surface area (Å²) in [5.41, 5.74) is 6.15. The van der Waals surface area contributed by atoms with Crippen molar-refractivity contribution >= 4 is 29.4 Å². The van der Waals surface area contributed by atoms with Gasteiger partial charge in [0.15, 0.2) is 4.87 Å². The van der Waals surface area contributed by atoms with E-state index in [9.17, 15) is 9.59 Å². The van der Waals surface area contributed by atoms with Gasteiger partial charge in [-0.05, 0) is 31.0 Å². The fourth-order valence-corrected chi connectivity index (χ4v) is 6.20. The minimum atomic E-state index is -1.02. The quantitative estimate of drug-likeness (QED) is 0.602. The van der Waals surface area contributed by atoms with Gasteiger partial charge in [-0.15, -0.1) is 11.8 Å². The lowest BCUT2D eigenvalue weighted by atomic mass is 10.0. The van der Waals surface area contributed by atoms with Crippen molar-refractivity contribution in [2.45, 2.75) is 31.8 Å². The smallest absolute Gasteiger partial charge is 0.319 e. The van der Waals surface area contributed by atoms with E-state index in [2.05, 4.69) is 30.4 Å². The van der Waals surface area contributed by atoms with E-state index in [-0.39, 0.29) is 11.9 Å². The number of carbonyl (C=O) groups is 2. The van der Waals surface area contributed by atoms with Crippen LogP contribution in [0.2, 0.25) is 0 Å². The summed E-state index contributed by atoms with van der Waals surface area (Å²) in [5.74, 6) is 0.679. The SMILES string of the molecule is Cc1cccc(CN2C(=O)C3(SCCN3C(=O)NCc3ccccc3)c3cc(C)ccc32)c1. The van der Waals surface area contributed by atoms with Gasteiger partial charge in [0.25, 0.3) is 5.91 Å². The molecule has 168 valence electrons. The third kappa shape index (κ3) is 3.78. The zero-order chi connectivity index (χ0) is 23.0.